The number of rotatable bonds is 2. The molecule has 116 valence electrons. The Morgan fingerprint density at radius 1 is 1.27 bits per heavy atom. The normalized spacial score (nSPS) is 21.5. The summed E-state index contributed by atoms with van der Waals surface area (Å²) >= 11 is 6.21. The Labute approximate surface area is 135 Å². The highest BCUT2D eigenvalue weighted by Gasteiger charge is 2.31. The summed E-state index contributed by atoms with van der Waals surface area (Å²) in [5.74, 6) is 0.479. The van der Waals surface area contributed by atoms with Gasteiger partial charge in [0.25, 0.3) is 0 Å². The van der Waals surface area contributed by atoms with Crippen LogP contribution < -0.4 is 5.32 Å². The maximum absolute atomic E-state index is 12.4. The minimum absolute atomic E-state index is 0.138. The third kappa shape index (κ3) is 2.14. The minimum atomic E-state index is 0.138. The van der Waals surface area contributed by atoms with Crippen LogP contribution in [0.5, 0.6) is 0 Å². The van der Waals surface area contributed by atoms with Crippen molar-refractivity contribution in [1.82, 2.24) is 9.88 Å². The molecule has 4 heteroatoms. The van der Waals surface area contributed by atoms with Crippen LogP contribution in [0.3, 0.4) is 0 Å². The van der Waals surface area contributed by atoms with Crippen molar-refractivity contribution < 1.29 is 4.79 Å². The van der Waals surface area contributed by atoms with Gasteiger partial charge in [-0.25, -0.2) is 0 Å². The fourth-order valence-electron chi connectivity index (χ4n) is 3.91. The molecule has 0 bridgehead atoms. The van der Waals surface area contributed by atoms with Gasteiger partial charge < -0.3 is 9.88 Å². The molecule has 2 aliphatic carbocycles. The van der Waals surface area contributed by atoms with Crippen LogP contribution >= 0.6 is 11.6 Å². The number of fused-ring (bicyclic) bond motifs is 3. The predicted molar refractivity (Wildman–Crippen MR) is 89.1 cm³/mol. The lowest BCUT2D eigenvalue weighted by molar-refractivity contribution is -0.128. The zero-order valence-corrected chi connectivity index (χ0v) is 13.6. The SMILES string of the molecule is Cn1c2c(c3cc(Cl)ccc31)C(NC(=O)C1CCC1)CCC2. The van der Waals surface area contributed by atoms with Gasteiger partial charge in [0.1, 0.15) is 0 Å². The molecule has 1 atom stereocenters. The molecule has 0 saturated heterocycles. The van der Waals surface area contributed by atoms with Gasteiger partial charge in [0.05, 0.1) is 6.04 Å². The number of nitrogens with one attached hydrogen (secondary N) is 1. The Bertz CT molecular complexity index is 745. The van der Waals surface area contributed by atoms with Crippen molar-refractivity contribution in [3.05, 3.63) is 34.5 Å². The quantitative estimate of drug-likeness (QED) is 0.888. The number of carbonyl (C=O) groups excluding carboxylic acids is 1. The summed E-state index contributed by atoms with van der Waals surface area (Å²) in [6.45, 7) is 0. The minimum Gasteiger partial charge on any atom is -0.349 e. The number of halogens is 1. The highest BCUT2D eigenvalue weighted by molar-refractivity contribution is 6.31. The van der Waals surface area contributed by atoms with E-state index < -0.39 is 0 Å². The van der Waals surface area contributed by atoms with Crippen LogP contribution in [0.2, 0.25) is 5.02 Å². The first kappa shape index (κ1) is 14.1. The maximum atomic E-state index is 12.4. The van der Waals surface area contributed by atoms with Crippen LogP contribution in [0, 0.1) is 5.92 Å². The van der Waals surface area contributed by atoms with Gasteiger partial charge in [-0.3, -0.25) is 4.79 Å². The van der Waals surface area contributed by atoms with E-state index in [1.54, 1.807) is 0 Å². The molecular weight excluding hydrogens is 296 g/mol. The van der Waals surface area contributed by atoms with Gasteiger partial charge in [-0.2, -0.15) is 0 Å². The first-order valence-electron chi connectivity index (χ1n) is 8.22. The second-order valence-corrected chi connectivity index (χ2v) is 7.10. The third-order valence-corrected chi connectivity index (χ3v) is 5.61. The molecule has 22 heavy (non-hydrogen) atoms. The average molecular weight is 317 g/mol. The zero-order valence-electron chi connectivity index (χ0n) is 12.9. The smallest absolute Gasteiger partial charge is 0.223 e. The number of carbonyl (C=O) groups is 1. The van der Waals surface area contributed by atoms with E-state index >= 15 is 0 Å². The summed E-state index contributed by atoms with van der Waals surface area (Å²) in [7, 11) is 2.12. The van der Waals surface area contributed by atoms with Crippen LogP contribution in [0.25, 0.3) is 10.9 Å². The molecule has 1 saturated carbocycles. The van der Waals surface area contributed by atoms with Crippen LogP contribution in [-0.4, -0.2) is 10.5 Å². The lowest BCUT2D eigenvalue weighted by Gasteiger charge is -2.30. The van der Waals surface area contributed by atoms with Crippen molar-refractivity contribution in [3.63, 3.8) is 0 Å². The number of aromatic nitrogens is 1. The number of hydrogen-bond acceptors (Lipinski definition) is 1. The molecule has 1 aromatic carbocycles. The van der Waals surface area contributed by atoms with Gasteiger partial charge in [-0.05, 0) is 50.3 Å². The molecule has 0 aliphatic heterocycles. The highest BCUT2D eigenvalue weighted by atomic mass is 35.5. The Morgan fingerprint density at radius 2 is 2.09 bits per heavy atom. The summed E-state index contributed by atoms with van der Waals surface area (Å²) < 4.78 is 2.27. The molecule has 1 unspecified atom stereocenters. The Balaban J connectivity index is 1.75. The van der Waals surface area contributed by atoms with Crippen molar-refractivity contribution in [1.29, 1.82) is 0 Å². The van der Waals surface area contributed by atoms with Gasteiger partial charge in [0.15, 0.2) is 0 Å². The van der Waals surface area contributed by atoms with Crippen molar-refractivity contribution in [2.75, 3.05) is 0 Å². The fraction of sp³-hybridized carbons (Fsp3) is 0.500. The largest absolute Gasteiger partial charge is 0.349 e. The van der Waals surface area contributed by atoms with E-state index in [4.69, 9.17) is 11.6 Å². The zero-order chi connectivity index (χ0) is 15.3. The van der Waals surface area contributed by atoms with E-state index in [9.17, 15) is 4.79 Å². The molecule has 1 N–H and O–H groups in total. The van der Waals surface area contributed by atoms with E-state index in [-0.39, 0.29) is 17.9 Å². The van der Waals surface area contributed by atoms with Crippen LogP contribution in [-0.2, 0) is 18.3 Å². The summed E-state index contributed by atoms with van der Waals surface area (Å²) in [6, 6.07) is 6.21. The number of benzene rings is 1. The van der Waals surface area contributed by atoms with E-state index in [2.05, 4.69) is 23.0 Å². The monoisotopic (exact) mass is 316 g/mol. The Kier molecular flexibility index (Phi) is 3.41. The molecule has 0 spiro atoms. The summed E-state index contributed by atoms with van der Waals surface area (Å²) in [5, 5.41) is 5.26. The molecule has 1 fully saturated rings. The molecule has 2 aromatic rings. The number of hydrogen-bond donors (Lipinski definition) is 1. The number of amides is 1. The first-order chi connectivity index (χ1) is 10.6. The lowest BCUT2D eigenvalue weighted by Crippen LogP contribution is -2.38. The molecule has 1 aromatic heterocycles. The molecule has 1 heterocycles. The van der Waals surface area contributed by atoms with Crippen molar-refractivity contribution in [3.8, 4) is 0 Å². The second-order valence-electron chi connectivity index (χ2n) is 6.66. The van der Waals surface area contributed by atoms with Gasteiger partial charge in [0.2, 0.25) is 5.91 Å². The molecular formula is C18H21ClN2O. The predicted octanol–water partition coefficient (Wildman–Crippen LogP) is 4.13. The summed E-state index contributed by atoms with van der Waals surface area (Å²) in [6.07, 6.45) is 6.52. The first-order valence-corrected chi connectivity index (χ1v) is 8.60. The van der Waals surface area contributed by atoms with Crippen LogP contribution in [0.1, 0.15) is 49.4 Å². The van der Waals surface area contributed by atoms with Gasteiger partial charge >= 0.3 is 0 Å². The summed E-state index contributed by atoms with van der Waals surface area (Å²) in [4.78, 5) is 12.4. The van der Waals surface area contributed by atoms with Crippen molar-refractivity contribution >= 4 is 28.4 Å². The highest BCUT2D eigenvalue weighted by Crippen LogP contribution is 2.39. The molecule has 1 amide bonds. The fourth-order valence-corrected chi connectivity index (χ4v) is 4.08. The second kappa shape index (κ2) is 5.31. The van der Waals surface area contributed by atoms with Crippen LogP contribution in [0.4, 0.5) is 0 Å². The van der Waals surface area contributed by atoms with Crippen LogP contribution in [0.15, 0.2) is 18.2 Å². The number of aryl methyl sites for hydroxylation is 1. The number of nitrogens with zero attached hydrogens (tertiary/aromatic N) is 1. The van der Waals surface area contributed by atoms with E-state index in [0.29, 0.717) is 0 Å². The van der Waals surface area contributed by atoms with E-state index in [1.165, 1.54) is 28.6 Å². The van der Waals surface area contributed by atoms with Crippen molar-refractivity contribution in [2.24, 2.45) is 13.0 Å². The van der Waals surface area contributed by atoms with Gasteiger partial charge in [0, 0.05) is 40.1 Å². The Morgan fingerprint density at radius 3 is 2.82 bits per heavy atom. The summed E-state index contributed by atoms with van der Waals surface area (Å²) in [5.41, 5.74) is 3.85. The van der Waals surface area contributed by atoms with Crippen molar-refractivity contribution in [2.45, 2.75) is 44.6 Å². The average Bonchev–Trinajstić information content (AvgIpc) is 2.71. The molecule has 0 radical (unpaired) electrons. The molecule has 3 nitrogen and oxygen atoms in total. The third-order valence-electron chi connectivity index (χ3n) is 5.37. The van der Waals surface area contributed by atoms with E-state index in [1.807, 2.05) is 12.1 Å². The molecule has 4 rings (SSSR count). The standard InChI is InChI=1S/C18H21ClN2O/c1-21-15-9-8-12(19)10-13(15)17-14(6-3-7-16(17)21)20-18(22)11-4-2-5-11/h8-11,14H,2-7H2,1H3,(H,20,22). The lowest BCUT2D eigenvalue weighted by atomic mass is 9.83. The molecule has 2 aliphatic rings. The maximum Gasteiger partial charge on any atom is 0.223 e. The van der Waals surface area contributed by atoms with Gasteiger partial charge in [-0.1, -0.05) is 18.0 Å². The topological polar surface area (TPSA) is 34.0 Å². The van der Waals surface area contributed by atoms with E-state index in [0.717, 1.165) is 37.1 Å². The Hall–Kier alpha value is -1.48. The van der Waals surface area contributed by atoms with Gasteiger partial charge in [-0.15, -0.1) is 0 Å².